The molecule has 132 valence electrons. The fraction of sp³-hybridized carbons (Fsp3) is 0.400. The van der Waals surface area contributed by atoms with Crippen LogP contribution in [0.25, 0.3) is 11.1 Å². The van der Waals surface area contributed by atoms with Crippen LogP contribution in [0.4, 0.5) is 4.39 Å². The first kappa shape index (κ1) is 17.5. The third kappa shape index (κ3) is 4.23. The monoisotopic (exact) mass is 341 g/mol. The van der Waals surface area contributed by atoms with Crippen molar-refractivity contribution in [3.8, 4) is 11.1 Å². The second kappa shape index (κ2) is 7.74. The van der Waals surface area contributed by atoms with Crippen LogP contribution in [0.3, 0.4) is 0 Å². The van der Waals surface area contributed by atoms with Crippen LogP contribution >= 0.6 is 0 Å². The molecule has 3 rings (SSSR count). The Kier molecular flexibility index (Phi) is 5.43. The van der Waals surface area contributed by atoms with Gasteiger partial charge in [0.05, 0.1) is 5.69 Å². The lowest BCUT2D eigenvalue weighted by Gasteiger charge is -2.29. The minimum absolute atomic E-state index is 0.0741. The minimum atomic E-state index is -0.253. The van der Waals surface area contributed by atoms with Crippen LogP contribution in [0.5, 0.6) is 0 Å². The van der Waals surface area contributed by atoms with Crippen molar-refractivity contribution >= 4 is 5.91 Å². The van der Waals surface area contributed by atoms with Gasteiger partial charge in [0, 0.05) is 31.7 Å². The molecule has 1 aliphatic heterocycles. The molecule has 2 atom stereocenters. The number of nitrogens with zero attached hydrogens (tertiary/aromatic N) is 2. The van der Waals surface area contributed by atoms with Crippen LogP contribution in [0.1, 0.15) is 37.4 Å². The maximum atomic E-state index is 13.1. The largest absolute Gasteiger partial charge is 0.346 e. The zero-order chi connectivity index (χ0) is 17.8. The zero-order valence-electron chi connectivity index (χ0n) is 14.5. The summed E-state index contributed by atoms with van der Waals surface area (Å²) in [6, 6.07) is 10.0. The maximum absolute atomic E-state index is 13.1. The number of pyridine rings is 1. The van der Waals surface area contributed by atoms with E-state index in [9.17, 15) is 9.18 Å². The molecule has 1 amide bonds. The van der Waals surface area contributed by atoms with Gasteiger partial charge in [-0.2, -0.15) is 0 Å². The molecule has 0 aliphatic carbocycles. The van der Waals surface area contributed by atoms with E-state index in [2.05, 4.69) is 4.98 Å². The first-order chi connectivity index (χ1) is 12.0. The molecule has 2 N–H and O–H groups in total. The third-order valence-electron chi connectivity index (χ3n) is 4.94. The number of benzene rings is 1. The average Bonchev–Trinajstić information content (AvgIpc) is 2.63. The lowest BCUT2D eigenvalue weighted by molar-refractivity contribution is -0.137. The second-order valence-corrected chi connectivity index (χ2v) is 6.76. The fourth-order valence-corrected chi connectivity index (χ4v) is 3.39. The van der Waals surface area contributed by atoms with Crippen molar-refractivity contribution in [1.29, 1.82) is 0 Å². The molecule has 0 bridgehead atoms. The number of piperidine rings is 1. The molecule has 1 fully saturated rings. The highest BCUT2D eigenvalue weighted by Gasteiger charge is 2.26. The number of nitrogens with two attached hydrogens (primary N) is 1. The molecule has 0 spiro atoms. The van der Waals surface area contributed by atoms with Crippen molar-refractivity contribution in [2.24, 2.45) is 11.7 Å². The Balaban J connectivity index is 1.66. The Morgan fingerprint density at radius 3 is 2.80 bits per heavy atom. The third-order valence-corrected chi connectivity index (χ3v) is 4.94. The van der Waals surface area contributed by atoms with Crippen LogP contribution in [-0.4, -0.2) is 29.4 Å². The van der Waals surface area contributed by atoms with E-state index < -0.39 is 0 Å². The highest BCUT2D eigenvalue weighted by Crippen LogP contribution is 2.27. The highest BCUT2D eigenvalue weighted by molar-refractivity contribution is 5.79. The van der Waals surface area contributed by atoms with E-state index in [1.807, 2.05) is 24.1 Å². The molecule has 1 aromatic carbocycles. The lowest BCUT2D eigenvalue weighted by atomic mass is 9.90. The summed E-state index contributed by atoms with van der Waals surface area (Å²) in [5.74, 6) is 0.0494. The summed E-state index contributed by atoms with van der Waals surface area (Å²) in [6.07, 6.45) is 5.24. The van der Waals surface area contributed by atoms with Gasteiger partial charge < -0.3 is 10.6 Å². The number of amides is 1. The van der Waals surface area contributed by atoms with Gasteiger partial charge in [-0.1, -0.05) is 12.1 Å². The molecule has 1 aromatic heterocycles. The fourth-order valence-electron chi connectivity index (χ4n) is 3.39. The van der Waals surface area contributed by atoms with Crippen LogP contribution < -0.4 is 5.73 Å². The van der Waals surface area contributed by atoms with E-state index in [1.165, 1.54) is 12.1 Å². The van der Waals surface area contributed by atoms with Gasteiger partial charge in [0.25, 0.3) is 0 Å². The van der Waals surface area contributed by atoms with Crippen LogP contribution in [0.2, 0.25) is 0 Å². The van der Waals surface area contributed by atoms with Crippen molar-refractivity contribution in [3.05, 3.63) is 54.1 Å². The number of carbonyl (C=O) groups excluding carboxylic acids is 1. The molecule has 0 radical (unpaired) electrons. The molecule has 1 unspecified atom stereocenters. The first-order valence-electron chi connectivity index (χ1n) is 8.77. The standard InChI is InChI=1S/C20H24FN3O/c1-24-12-2-3-15(20(24)25)6-9-18(22)19-13-16(10-11-23-19)14-4-7-17(21)8-5-14/h4-5,7-8,10-11,13,15,18H,2-3,6,9,12,22H2,1H3/t15?,18-/m1/s1. The summed E-state index contributed by atoms with van der Waals surface area (Å²) in [5.41, 5.74) is 9.02. The van der Waals surface area contributed by atoms with E-state index in [4.69, 9.17) is 5.73 Å². The molecular formula is C20H24FN3O. The second-order valence-electron chi connectivity index (χ2n) is 6.76. The summed E-state index contributed by atoms with van der Waals surface area (Å²) >= 11 is 0. The smallest absolute Gasteiger partial charge is 0.225 e. The molecule has 2 aromatic rings. The van der Waals surface area contributed by atoms with Gasteiger partial charge in [0.2, 0.25) is 5.91 Å². The van der Waals surface area contributed by atoms with Crippen LogP contribution in [0, 0.1) is 11.7 Å². The summed E-state index contributed by atoms with van der Waals surface area (Å²) < 4.78 is 13.1. The normalized spacial score (nSPS) is 19.1. The van der Waals surface area contributed by atoms with Gasteiger partial charge in [-0.3, -0.25) is 9.78 Å². The molecule has 1 aliphatic rings. The van der Waals surface area contributed by atoms with Crippen molar-refractivity contribution < 1.29 is 9.18 Å². The van der Waals surface area contributed by atoms with Crippen LogP contribution in [-0.2, 0) is 4.79 Å². The maximum Gasteiger partial charge on any atom is 0.225 e. The Hall–Kier alpha value is -2.27. The van der Waals surface area contributed by atoms with Crippen molar-refractivity contribution in [3.63, 3.8) is 0 Å². The molecular weight excluding hydrogens is 317 g/mol. The van der Waals surface area contributed by atoms with Crippen molar-refractivity contribution in [2.45, 2.75) is 31.7 Å². The van der Waals surface area contributed by atoms with Crippen molar-refractivity contribution in [1.82, 2.24) is 9.88 Å². The summed E-state index contributed by atoms with van der Waals surface area (Å²) in [6.45, 7) is 0.850. The number of hydrogen-bond donors (Lipinski definition) is 1. The molecule has 2 heterocycles. The molecule has 1 saturated heterocycles. The van der Waals surface area contributed by atoms with Gasteiger partial charge in [-0.15, -0.1) is 0 Å². The van der Waals surface area contributed by atoms with Gasteiger partial charge in [-0.05, 0) is 61.1 Å². The number of hydrogen-bond acceptors (Lipinski definition) is 3. The number of carbonyl (C=O) groups is 1. The number of aromatic nitrogens is 1. The van der Waals surface area contributed by atoms with E-state index >= 15 is 0 Å². The molecule has 0 saturated carbocycles. The number of likely N-dealkylation sites (tertiary alicyclic amines) is 1. The highest BCUT2D eigenvalue weighted by atomic mass is 19.1. The SMILES string of the molecule is CN1CCCC(CC[C@@H](N)c2cc(-c3ccc(F)cc3)ccn2)C1=O. The Morgan fingerprint density at radius 1 is 1.28 bits per heavy atom. The quantitative estimate of drug-likeness (QED) is 0.905. The predicted octanol–water partition coefficient (Wildman–Crippen LogP) is 3.54. The predicted molar refractivity (Wildman–Crippen MR) is 96.2 cm³/mol. The summed E-state index contributed by atoms with van der Waals surface area (Å²) in [7, 11) is 1.86. The first-order valence-corrected chi connectivity index (χ1v) is 8.77. The molecule has 5 heteroatoms. The zero-order valence-corrected chi connectivity index (χ0v) is 14.5. The van der Waals surface area contributed by atoms with Gasteiger partial charge >= 0.3 is 0 Å². The average molecular weight is 341 g/mol. The lowest BCUT2D eigenvalue weighted by Crippen LogP contribution is -2.38. The van der Waals surface area contributed by atoms with E-state index in [0.29, 0.717) is 0 Å². The van der Waals surface area contributed by atoms with Gasteiger partial charge in [0.15, 0.2) is 0 Å². The van der Waals surface area contributed by atoms with Crippen LogP contribution in [0.15, 0.2) is 42.6 Å². The number of halogens is 1. The Bertz CT molecular complexity index is 732. The topological polar surface area (TPSA) is 59.2 Å². The molecule has 4 nitrogen and oxygen atoms in total. The minimum Gasteiger partial charge on any atom is -0.346 e. The number of rotatable bonds is 5. The van der Waals surface area contributed by atoms with E-state index in [-0.39, 0.29) is 23.7 Å². The summed E-state index contributed by atoms with van der Waals surface area (Å²) in [4.78, 5) is 18.4. The Morgan fingerprint density at radius 2 is 2.04 bits per heavy atom. The Labute approximate surface area is 147 Å². The summed E-state index contributed by atoms with van der Waals surface area (Å²) in [5, 5.41) is 0. The van der Waals surface area contributed by atoms with E-state index in [0.717, 1.165) is 49.0 Å². The van der Waals surface area contributed by atoms with Gasteiger partial charge in [-0.25, -0.2) is 4.39 Å². The molecule has 25 heavy (non-hydrogen) atoms. The van der Waals surface area contributed by atoms with E-state index in [1.54, 1.807) is 18.3 Å². The van der Waals surface area contributed by atoms with Gasteiger partial charge in [0.1, 0.15) is 5.82 Å². The van der Waals surface area contributed by atoms with Crippen molar-refractivity contribution in [2.75, 3.05) is 13.6 Å².